The number of benzene rings is 2. The van der Waals surface area contributed by atoms with Crippen LogP contribution in [0.4, 0.5) is 30.7 Å². The van der Waals surface area contributed by atoms with E-state index in [0.29, 0.717) is 29.8 Å². The minimum Gasteiger partial charge on any atom is -0.368 e. The van der Waals surface area contributed by atoms with Crippen LogP contribution in [0.25, 0.3) is 0 Å². The summed E-state index contributed by atoms with van der Waals surface area (Å²) in [5, 5.41) is 7.55. The molecule has 0 bridgehead atoms. The van der Waals surface area contributed by atoms with Gasteiger partial charge in [0.05, 0.1) is 35.6 Å². The van der Waals surface area contributed by atoms with Crippen LogP contribution in [0.2, 0.25) is 0 Å². The van der Waals surface area contributed by atoms with Gasteiger partial charge in [0.25, 0.3) is 0 Å². The van der Waals surface area contributed by atoms with Crippen molar-refractivity contribution >= 4 is 5.91 Å². The van der Waals surface area contributed by atoms with Crippen LogP contribution >= 0.6 is 0 Å². The Morgan fingerprint density at radius 2 is 1.74 bits per heavy atom. The summed E-state index contributed by atoms with van der Waals surface area (Å²) >= 11 is 0. The van der Waals surface area contributed by atoms with Gasteiger partial charge in [-0.2, -0.15) is 31.4 Å². The molecule has 2 fully saturated rings. The molecule has 0 radical (unpaired) electrons. The van der Waals surface area contributed by atoms with Crippen molar-refractivity contribution in [3.63, 3.8) is 0 Å². The summed E-state index contributed by atoms with van der Waals surface area (Å²) in [6.07, 6.45) is -8.26. The van der Waals surface area contributed by atoms with Gasteiger partial charge >= 0.3 is 12.4 Å². The topological polar surface area (TPSA) is 59.4 Å². The van der Waals surface area contributed by atoms with E-state index in [9.17, 15) is 35.5 Å². The highest BCUT2D eigenvalue weighted by Crippen LogP contribution is 2.45. The Bertz CT molecular complexity index is 1440. The molecule has 0 spiro atoms. The number of aryl methyl sites for hydroxylation is 2. The molecule has 13 heteroatoms. The largest absolute Gasteiger partial charge is 0.416 e. The molecule has 0 saturated carbocycles. The van der Waals surface area contributed by atoms with E-state index in [1.807, 2.05) is 6.20 Å². The second kappa shape index (κ2) is 11.0. The van der Waals surface area contributed by atoms with Crippen LogP contribution in [0, 0.1) is 12.7 Å². The van der Waals surface area contributed by atoms with Gasteiger partial charge in [-0.3, -0.25) is 9.48 Å². The molecule has 226 valence electrons. The fourth-order valence-electron chi connectivity index (χ4n) is 6.09. The lowest BCUT2D eigenvalue weighted by Crippen LogP contribution is -2.42. The van der Waals surface area contributed by atoms with Gasteiger partial charge in [0.2, 0.25) is 5.91 Å². The lowest BCUT2D eigenvalue weighted by atomic mass is 9.84. The van der Waals surface area contributed by atoms with E-state index in [0.717, 1.165) is 5.56 Å². The van der Waals surface area contributed by atoms with Gasteiger partial charge in [-0.1, -0.05) is 6.07 Å². The molecule has 3 unspecified atom stereocenters. The summed E-state index contributed by atoms with van der Waals surface area (Å²) < 4.78 is 103. The van der Waals surface area contributed by atoms with Crippen molar-refractivity contribution in [1.29, 1.82) is 0 Å². The summed E-state index contributed by atoms with van der Waals surface area (Å²) in [6.45, 7) is 3.58. The van der Waals surface area contributed by atoms with Crippen molar-refractivity contribution in [1.82, 2.24) is 20.0 Å². The molecule has 2 aliphatic heterocycles. The average Bonchev–Trinajstić information content (AvgIpc) is 3.56. The molecule has 1 amide bonds. The Morgan fingerprint density at radius 3 is 2.31 bits per heavy atom. The number of hydrogen-bond acceptors (Lipinski definition) is 4. The molecule has 5 atom stereocenters. The monoisotopic (exact) mass is 598 g/mol. The van der Waals surface area contributed by atoms with Crippen molar-refractivity contribution in [2.75, 3.05) is 6.54 Å². The van der Waals surface area contributed by atoms with E-state index >= 15 is 0 Å². The number of nitrogens with zero attached hydrogens (tertiary/aromatic N) is 3. The Hall–Kier alpha value is -3.45. The molecule has 5 rings (SSSR count). The molecule has 1 N–H and O–H groups in total. The van der Waals surface area contributed by atoms with E-state index in [1.165, 1.54) is 19.1 Å². The highest BCUT2D eigenvalue weighted by molar-refractivity contribution is 5.81. The standard InChI is InChI=1S/C29H29F7N4O2/c1-15-6-21(30)4-5-22(15)26-24(14-40-25(41)10-23(27(26)40)37-11-17-12-38-39(3)13-17)42-16(2)18-7-19(28(31,32)33)9-20(8-18)29(34,35)36/h4-9,12-13,16,23-24,26-27,37H,10-11,14H2,1-3H3/t16-,23?,24+,26?,27?/m1/s1. The summed E-state index contributed by atoms with van der Waals surface area (Å²) in [4.78, 5) is 14.8. The highest BCUT2D eigenvalue weighted by atomic mass is 19.4. The first kappa shape index (κ1) is 30.0. The Balaban J connectivity index is 1.48. The van der Waals surface area contributed by atoms with Gasteiger partial charge in [0.1, 0.15) is 5.82 Å². The first-order valence-electron chi connectivity index (χ1n) is 13.3. The van der Waals surface area contributed by atoms with E-state index in [2.05, 4.69) is 10.4 Å². The van der Waals surface area contributed by atoms with E-state index < -0.39 is 53.5 Å². The molecule has 6 nitrogen and oxygen atoms in total. The Kier molecular flexibility index (Phi) is 7.86. The molecule has 0 aliphatic carbocycles. The first-order valence-corrected chi connectivity index (χ1v) is 13.3. The smallest absolute Gasteiger partial charge is 0.368 e. The first-order chi connectivity index (χ1) is 19.6. The highest BCUT2D eigenvalue weighted by Gasteiger charge is 2.54. The molecule has 1 aromatic heterocycles. The maximum absolute atomic E-state index is 14.0. The third-order valence-corrected chi connectivity index (χ3v) is 8.01. The number of amides is 1. The number of nitrogens with one attached hydrogen (secondary N) is 1. The number of aromatic nitrogens is 2. The van der Waals surface area contributed by atoms with Crippen molar-refractivity contribution in [2.24, 2.45) is 7.05 Å². The summed E-state index contributed by atoms with van der Waals surface area (Å²) in [6, 6.07) is 4.80. The summed E-state index contributed by atoms with van der Waals surface area (Å²) in [5.41, 5.74) is -0.999. The van der Waals surface area contributed by atoms with Crippen LogP contribution in [0.1, 0.15) is 58.7 Å². The van der Waals surface area contributed by atoms with Crippen LogP contribution in [0.5, 0.6) is 0 Å². The van der Waals surface area contributed by atoms with Crippen molar-refractivity contribution in [2.45, 2.75) is 69.4 Å². The number of rotatable bonds is 7. The zero-order chi connectivity index (χ0) is 30.6. The van der Waals surface area contributed by atoms with Crippen molar-refractivity contribution < 1.29 is 40.3 Å². The number of hydrogen-bond donors (Lipinski definition) is 1. The molecular weight excluding hydrogens is 569 g/mol. The van der Waals surface area contributed by atoms with Gasteiger partial charge in [-0.05, 0) is 60.9 Å². The van der Waals surface area contributed by atoms with E-state index in [1.54, 1.807) is 35.8 Å². The number of carbonyl (C=O) groups is 1. The molecule has 3 aromatic rings. The normalized spacial score (nSPS) is 23.5. The molecule has 3 heterocycles. The van der Waals surface area contributed by atoms with Crippen molar-refractivity contribution in [3.8, 4) is 0 Å². The van der Waals surface area contributed by atoms with Gasteiger partial charge in [-0.25, -0.2) is 4.39 Å². The third-order valence-electron chi connectivity index (χ3n) is 8.01. The van der Waals surface area contributed by atoms with Crippen LogP contribution in [0.3, 0.4) is 0 Å². The fraction of sp³-hybridized carbons (Fsp3) is 0.448. The number of alkyl halides is 6. The summed E-state index contributed by atoms with van der Waals surface area (Å²) in [7, 11) is 1.78. The number of fused-ring (bicyclic) bond motifs is 1. The second-order valence-electron chi connectivity index (χ2n) is 10.9. The van der Waals surface area contributed by atoms with E-state index in [-0.39, 0.29) is 36.5 Å². The predicted octanol–water partition coefficient (Wildman–Crippen LogP) is 5.91. The van der Waals surface area contributed by atoms with Gasteiger partial charge < -0.3 is 15.0 Å². The maximum atomic E-state index is 14.0. The van der Waals surface area contributed by atoms with E-state index in [4.69, 9.17) is 4.74 Å². The SMILES string of the molecule is Cc1cc(F)ccc1C1C2C(NCc3cnn(C)c3)CC(=O)N2C[C@@H]1O[C@H](C)c1cc(C(F)(F)F)cc(C(F)(F)F)c1. The lowest BCUT2D eigenvalue weighted by molar-refractivity contribution is -0.143. The molecule has 2 aromatic carbocycles. The summed E-state index contributed by atoms with van der Waals surface area (Å²) in [5.74, 6) is -1.15. The average molecular weight is 599 g/mol. The lowest BCUT2D eigenvalue weighted by Gasteiger charge is -2.31. The zero-order valence-corrected chi connectivity index (χ0v) is 22.9. The minimum atomic E-state index is -5.00. The minimum absolute atomic E-state index is 0.0732. The van der Waals surface area contributed by atoms with Gasteiger partial charge in [0.15, 0.2) is 0 Å². The quantitative estimate of drug-likeness (QED) is 0.344. The zero-order valence-electron chi connectivity index (χ0n) is 22.9. The molecule has 2 aliphatic rings. The predicted molar refractivity (Wildman–Crippen MR) is 138 cm³/mol. The molecular formula is C29H29F7N4O2. The van der Waals surface area contributed by atoms with Gasteiger partial charge in [-0.15, -0.1) is 0 Å². The number of carbonyl (C=O) groups excluding carboxylic acids is 1. The van der Waals surface area contributed by atoms with Gasteiger partial charge in [0, 0.05) is 50.3 Å². The fourth-order valence-corrected chi connectivity index (χ4v) is 6.09. The Morgan fingerprint density at radius 1 is 1.07 bits per heavy atom. The second-order valence-corrected chi connectivity index (χ2v) is 10.9. The molecule has 42 heavy (non-hydrogen) atoms. The van der Waals surface area contributed by atoms with Crippen LogP contribution in [-0.4, -0.2) is 45.3 Å². The number of ether oxygens (including phenoxy) is 1. The van der Waals surface area contributed by atoms with Crippen molar-refractivity contribution in [3.05, 3.63) is 88.0 Å². The van der Waals surface area contributed by atoms with Crippen LogP contribution in [0.15, 0.2) is 48.8 Å². The third kappa shape index (κ3) is 6.03. The number of halogens is 7. The maximum Gasteiger partial charge on any atom is 0.416 e. The van der Waals surface area contributed by atoms with Crippen LogP contribution in [-0.2, 0) is 35.5 Å². The van der Waals surface area contributed by atoms with Crippen LogP contribution < -0.4 is 5.32 Å². The molecule has 2 saturated heterocycles. The Labute approximate surface area is 237 Å².